The van der Waals surface area contributed by atoms with Gasteiger partial charge < -0.3 is 14.8 Å². The molecule has 1 atom stereocenters. The Bertz CT molecular complexity index is 1270. The van der Waals surface area contributed by atoms with Crippen LogP contribution in [0.3, 0.4) is 0 Å². The van der Waals surface area contributed by atoms with E-state index in [1.807, 2.05) is 72.9 Å². The smallest absolute Gasteiger partial charge is 0.272 e. The van der Waals surface area contributed by atoms with Crippen LogP contribution in [0.25, 0.3) is 0 Å². The van der Waals surface area contributed by atoms with Crippen LogP contribution in [0.4, 0.5) is 10.8 Å². The summed E-state index contributed by atoms with van der Waals surface area (Å²) in [5, 5.41) is 7.57. The number of rotatable bonds is 8. The van der Waals surface area contributed by atoms with Crippen LogP contribution in [-0.4, -0.2) is 20.1 Å². The molecule has 4 rings (SSSR count). The first-order chi connectivity index (χ1) is 16.5. The molecule has 1 amide bonds. The fourth-order valence-electron chi connectivity index (χ4n) is 3.84. The molecular formula is C27H28N3O3S+. The second-order valence-electron chi connectivity index (χ2n) is 7.81. The number of thiophene rings is 1. The number of hydrogen-bond donors (Lipinski definition) is 2. The highest BCUT2D eigenvalue weighted by atomic mass is 32.1. The number of carbonyl (C=O) groups is 1. The molecule has 6 nitrogen and oxygen atoms in total. The van der Waals surface area contributed by atoms with Gasteiger partial charge in [0.25, 0.3) is 11.7 Å². The fraction of sp³-hybridized carbons (Fsp3) is 0.185. The van der Waals surface area contributed by atoms with E-state index in [1.54, 1.807) is 25.6 Å². The van der Waals surface area contributed by atoms with Gasteiger partial charge in [0.15, 0.2) is 11.5 Å². The van der Waals surface area contributed by atoms with Crippen molar-refractivity contribution in [3.8, 4) is 11.5 Å². The number of methoxy groups -OCH3 is 2. The van der Waals surface area contributed by atoms with E-state index in [-0.39, 0.29) is 11.9 Å². The van der Waals surface area contributed by atoms with E-state index in [0.29, 0.717) is 17.1 Å². The molecular weight excluding hydrogens is 446 g/mol. The lowest BCUT2D eigenvalue weighted by Gasteiger charge is -2.19. The molecule has 2 heterocycles. The average molecular weight is 475 g/mol. The van der Waals surface area contributed by atoms with Crippen molar-refractivity contribution in [1.82, 2.24) is 0 Å². The van der Waals surface area contributed by atoms with Gasteiger partial charge in [0.1, 0.15) is 11.0 Å². The van der Waals surface area contributed by atoms with Crippen LogP contribution in [0.5, 0.6) is 11.5 Å². The maximum Gasteiger partial charge on any atom is 0.272 e. The van der Waals surface area contributed by atoms with Gasteiger partial charge in [-0.05, 0) is 49.7 Å². The molecule has 0 bridgehead atoms. The standard InChI is InChI=1S/C27H27N3O3S/c1-17-18(2)34-27(30-26(31)19-10-6-5-7-11-19)24(17)25(29-23-12-8-9-15-28-23)20-13-14-21(32-3)22(16-20)33-4/h5-16,25H,1-4H3,(H,28,29)(H,30,31)/p+1/t25-/m1/s1. The van der Waals surface area contributed by atoms with Crippen molar-refractivity contribution in [3.05, 3.63) is 100 Å². The lowest BCUT2D eigenvalue weighted by atomic mass is 9.96. The first kappa shape index (κ1) is 23.3. The molecule has 0 saturated carbocycles. The predicted octanol–water partition coefficient (Wildman–Crippen LogP) is 5.65. The van der Waals surface area contributed by atoms with E-state index in [9.17, 15) is 4.79 Å². The molecule has 0 spiro atoms. The van der Waals surface area contributed by atoms with Crippen LogP contribution in [0.1, 0.15) is 38.0 Å². The Morgan fingerprint density at radius 1 is 0.941 bits per heavy atom. The van der Waals surface area contributed by atoms with Gasteiger partial charge in [-0.3, -0.25) is 10.1 Å². The van der Waals surface area contributed by atoms with E-state index in [2.05, 4.69) is 29.5 Å². The molecule has 174 valence electrons. The molecule has 7 heteroatoms. The number of nitrogens with one attached hydrogen (secondary N) is 3. The maximum atomic E-state index is 13.0. The van der Waals surface area contributed by atoms with Crippen LogP contribution in [0, 0.1) is 13.8 Å². The minimum atomic E-state index is -0.255. The molecule has 2 aromatic carbocycles. The molecule has 34 heavy (non-hydrogen) atoms. The van der Waals surface area contributed by atoms with Gasteiger partial charge in [0.05, 0.1) is 20.4 Å². The van der Waals surface area contributed by atoms with Crippen molar-refractivity contribution in [2.24, 2.45) is 0 Å². The summed E-state index contributed by atoms with van der Waals surface area (Å²) in [6, 6.07) is 20.7. The zero-order chi connectivity index (χ0) is 24.1. The quantitative estimate of drug-likeness (QED) is 0.346. The molecule has 0 fully saturated rings. The van der Waals surface area contributed by atoms with E-state index >= 15 is 0 Å². The topological polar surface area (TPSA) is 73.7 Å². The monoisotopic (exact) mass is 474 g/mol. The SMILES string of the molecule is COc1ccc([C@@H](Nc2cccc[nH+]2)c2c(NC(=O)c3ccccc3)sc(C)c2C)cc1OC. The van der Waals surface area contributed by atoms with Crippen molar-refractivity contribution in [2.75, 3.05) is 24.9 Å². The second kappa shape index (κ2) is 10.4. The summed E-state index contributed by atoms with van der Waals surface area (Å²) < 4.78 is 11.0. The largest absolute Gasteiger partial charge is 0.493 e. The normalized spacial score (nSPS) is 11.5. The number of aromatic nitrogens is 1. The summed E-state index contributed by atoms with van der Waals surface area (Å²) in [5.74, 6) is 2.02. The van der Waals surface area contributed by atoms with E-state index < -0.39 is 0 Å². The van der Waals surface area contributed by atoms with Crippen LogP contribution < -0.4 is 25.1 Å². The summed E-state index contributed by atoms with van der Waals surface area (Å²) in [5.41, 5.74) is 3.73. The van der Waals surface area contributed by atoms with Crippen LogP contribution in [0.15, 0.2) is 72.9 Å². The number of anilines is 2. The maximum absolute atomic E-state index is 13.0. The lowest BCUT2D eigenvalue weighted by Crippen LogP contribution is -2.21. The van der Waals surface area contributed by atoms with Crippen LogP contribution in [0.2, 0.25) is 0 Å². The number of hydrogen-bond acceptors (Lipinski definition) is 5. The summed E-state index contributed by atoms with van der Waals surface area (Å²) in [7, 11) is 3.25. The zero-order valence-corrected chi connectivity index (χ0v) is 20.5. The van der Waals surface area contributed by atoms with E-state index in [4.69, 9.17) is 9.47 Å². The first-order valence-corrected chi connectivity index (χ1v) is 11.7. The first-order valence-electron chi connectivity index (χ1n) is 10.9. The molecule has 0 unspecified atom stereocenters. The Kier molecular flexibility index (Phi) is 7.13. The number of benzene rings is 2. The Hall–Kier alpha value is -3.84. The van der Waals surface area contributed by atoms with Crippen molar-refractivity contribution >= 4 is 28.1 Å². The number of ether oxygens (including phenoxy) is 2. The Balaban J connectivity index is 1.81. The van der Waals surface area contributed by atoms with Gasteiger partial charge in [0, 0.05) is 27.6 Å². The van der Waals surface area contributed by atoms with Gasteiger partial charge in [-0.15, -0.1) is 11.3 Å². The van der Waals surface area contributed by atoms with Gasteiger partial charge in [0.2, 0.25) is 0 Å². The molecule has 0 aliphatic carbocycles. The van der Waals surface area contributed by atoms with Gasteiger partial charge in [-0.25, -0.2) is 4.98 Å². The number of H-pyrrole nitrogens is 1. The Labute approximate surface area is 203 Å². The molecule has 3 N–H and O–H groups in total. The van der Waals surface area contributed by atoms with Crippen molar-refractivity contribution in [2.45, 2.75) is 19.9 Å². The number of carbonyl (C=O) groups excluding carboxylic acids is 1. The molecule has 0 aliphatic heterocycles. The average Bonchev–Trinajstić information content (AvgIpc) is 3.15. The van der Waals surface area contributed by atoms with E-state index in [1.165, 1.54) is 0 Å². The third-order valence-electron chi connectivity index (χ3n) is 5.73. The lowest BCUT2D eigenvalue weighted by molar-refractivity contribution is -0.361. The minimum absolute atomic E-state index is 0.138. The zero-order valence-electron chi connectivity index (χ0n) is 19.6. The third-order valence-corrected chi connectivity index (χ3v) is 6.87. The molecule has 2 aromatic heterocycles. The van der Waals surface area contributed by atoms with Crippen LogP contribution >= 0.6 is 11.3 Å². The Morgan fingerprint density at radius 2 is 1.68 bits per heavy atom. The third kappa shape index (κ3) is 4.89. The van der Waals surface area contributed by atoms with Crippen LogP contribution in [-0.2, 0) is 0 Å². The molecule has 0 saturated heterocycles. The molecule has 0 aliphatic rings. The molecule has 0 radical (unpaired) electrons. The minimum Gasteiger partial charge on any atom is -0.493 e. The van der Waals surface area contributed by atoms with E-state index in [0.717, 1.165) is 32.4 Å². The van der Waals surface area contributed by atoms with Gasteiger partial charge in [-0.2, -0.15) is 0 Å². The number of aromatic amines is 1. The number of amides is 1. The van der Waals surface area contributed by atoms with Crippen molar-refractivity contribution in [3.63, 3.8) is 0 Å². The number of aryl methyl sites for hydroxylation is 1. The second-order valence-corrected chi connectivity index (χ2v) is 9.04. The highest BCUT2D eigenvalue weighted by Crippen LogP contribution is 2.42. The predicted molar refractivity (Wildman–Crippen MR) is 136 cm³/mol. The highest BCUT2D eigenvalue weighted by Gasteiger charge is 2.29. The fourth-order valence-corrected chi connectivity index (χ4v) is 4.94. The molecule has 4 aromatic rings. The van der Waals surface area contributed by atoms with Gasteiger partial charge in [-0.1, -0.05) is 30.3 Å². The summed E-state index contributed by atoms with van der Waals surface area (Å²) in [6.45, 7) is 4.16. The summed E-state index contributed by atoms with van der Waals surface area (Å²) in [6.07, 6.45) is 1.87. The Morgan fingerprint density at radius 3 is 2.35 bits per heavy atom. The summed E-state index contributed by atoms with van der Waals surface area (Å²) >= 11 is 1.58. The van der Waals surface area contributed by atoms with Gasteiger partial charge >= 0.3 is 0 Å². The highest BCUT2D eigenvalue weighted by molar-refractivity contribution is 7.16. The van der Waals surface area contributed by atoms with Crippen molar-refractivity contribution in [1.29, 1.82) is 0 Å². The number of pyridine rings is 1. The van der Waals surface area contributed by atoms with Crippen molar-refractivity contribution < 1.29 is 19.3 Å². The summed E-state index contributed by atoms with van der Waals surface area (Å²) in [4.78, 5) is 17.4.